The summed E-state index contributed by atoms with van der Waals surface area (Å²) < 4.78 is 0. The van der Waals surface area contributed by atoms with Crippen molar-refractivity contribution in [2.45, 2.75) is 25.8 Å². The van der Waals surface area contributed by atoms with Crippen LogP contribution < -0.4 is 5.32 Å². The minimum Gasteiger partial charge on any atom is -0.465 e. The average molecular weight is 353 g/mol. The highest BCUT2D eigenvalue weighted by Gasteiger charge is 2.42. The number of likely N-dealkylation sites (tertiary alicyclic amines) is 1. The van der Waals surface area contributed by atoms with Gasteiger partial charge in [-0.05, 0) is 36.5 Å². The van der Waals surface area contributed by atoms with Crippen molar-refractivity contribution >= 4 is 12.0 Å². The van der Waals surface area contributed by atoms with Crippen LogP contribution in [0.3, 0.4) is 0 Å². The molecule has 3 rings (SSSR count). The fraction of sp³-hybridized carbons (Fsp3) is 0.350. The number of piperidine rings is 1. The number of nitrogens with one attached hydrogen (secondary N) is 1. The van der Waals surface area contributed by atoms with Gasteiger partial charge in [0.1, 0.15) is 0 Å². The molecule has 2 heterocycles. The van der Waals surface area contributed by atoms with Gasteiger partial charge in [-0.1, -0.05) is 36.4 Å². The number of nitrogens with zero attached hydrogens (tertiary/aromatic N) is 2. The molecular formula is C20H23N3O3. The number of pyridine rings is 1. The van der Waals surface area contributed by atoms with Crippen molar-refractivity contribution in [3.8, 4) is 0 Å². The quantitative estimate of drug-likeness (QED) is 0.866. The zero-order valence-electron chi connectivity index (χ0n) is 14.6. The lowest BCUT2D eigenvalue weighted by Crippen LogP contribution is -2.51. The maximum atomic E-state index is 13.1. The highest BCUT2D eigenvalue weighted by atomic mass is 16.4. The molecule has 2 amide bonds. The molecule has 1 fully saturated rings. The van der Waals surface area contributed by atoms with Crippen molar-refractivity contribution < 1.29 is 14.7 Å². The van der Waals surface area contributed by atoms with Crippen molar-refractivity contribution in [3.63, 3.8) is 0 Å². The van der Waals surface area contributed by atoms with Crippen LogP contribution in [0.4, 0.5) is 4.79 Å². The highest BCUT2D eigenvalue weighted by molar-refractivity contribution is 5.83. The summed E-state index contributed by atoms with van der Waals surface area (Å²) in [5, 5.41) is 12.2. The molecule has 1 aromatic heterocycles. The molecule has 0 aliphatic carbocycles. The smallest absolute Gasteiger partial charge is 0.407 e. The second-order valence-corrected chi connectivity index (χ2v) is 6.76. The van der Waals surface area contributed by atoms with Crippen molar-refractivity contribution in [1.29, 1.82) is 0 Å². The van der Waals surface area contributed by atoms with Gasteiger partial charge in [0.05, 0.1) is 5.41 Å². The lowest BCUT2D eigenvalue weighted by atomic mass is 9.73. The minimum absolute atomic E-state index is 0.0183. The van der Waals surface area contributed by atoms with Gasteiger partial charge in [-0.25, -0.2) is 4.79 Å². The zero-order chi connectivity index (χ0) is 18.4. The molecule has 0 saturated carbocycles. The Morgan fingerprint density at radius 1 is 1.08 bits per heavy atom. The fourth-order valence-electron chi connectivity index (χ4n) is 3.47. The molecule has 2 aromatic rings. The zero-order valence-corrected chi connectivity index (χ0v) is 14.6. The van der Waals surface area contributed by atoms with E-state index in [-0.39, 0.29) is 5.91 Å². The summed E-state index contributed by atoms with van der Waals surface area (Å²) in [6, 6.07) is 13.7. The topological polar surface area (TPSA) is 82.5 Å². The minimum atomic E-state index is -0.922. The molecule has 136 valence electrons. The number of hydrogen-bond donors (Lipinski definition) is 2. The molecule has 1 aliphatic rings. The molecule has 2 N–H and O–H groups in total. The summed E-state index contributed by atoms with van der Waals surface area (Å²) in [5.41, 5.74) is 1.45. The molecule has 6 nitrogen and oxygen atoms in total. The van der Waals surface area contributed by atoms with E-state index in [0.717, 1.165) is 11.1 Å². The van der Waals surface area contributed by atoms with Gasteiger partial charge >= 0.3 is 6.09 Å². The number of carbonyl (C=O) groups excluding carboxylic acids is 1. The van der Waals surface area contributed by atoms with Crippen LogP contribution in [0.15, 0.2) is 54.9 Å². The van der Waals surface area contributed by atoms with Crippen molar-refractivity contribution in [3.05, 3.63) is 66.0 Å². The molecule has 1 saturated heterocycles. The van der Waals surface area contributed by atoms with Crippen LogP contribution in [0.1, 0.15) is 24.0 Å². The lowest BCUT2D eigenvalue weighted by Gasteiger charge is -2.40. The lowest BCUT2D eigenvalue weighted by molar-refractivity contribution is -0.133. The number of carboxylic acid groups (broad SMARTS) is 1. The van der Waals surface area contributed by atoms with Gasteiger partial charge in [-0.15, -0.1) is 0 Å². The van der Waals surface area contributed by atoms with Crippen LogP contribution in [0.2, 0.25) is 0 Å². The van der Waals surface area contributed by atoms with E-state index in [1.54, 1.807) is 12.4 Å². The number of aromatic nitrogens is 1. The molecule has 6 heteroatoms. The van der Waals surface area contributed by atoms with E-state index in [1.807, 2.05) is 42.5 Å². The van der Waals surface area contributed by atoms with Gasteiger partial charge in [0.2, 0.25) is 5.91 Å². The second-order valence-electron chi connectivity index (χ2n) is 6.76. The molecule has 0 bridgehead atoms. The van der Waals surface area contributed by atoms with Gasteiger partial charge in [0, 0.05) is 32.0 Å². The summed E-state index contributed by atoms with van der Waals surface area (Å²) in [5.74, 6) is -0.0183. The van der Waals surface area contributed by atoms with Crippen LogP contribution in [0, 0.1) is 5.41 Å². The largest absolute Gasteiger partial charge is 0.465 e. The van der Waals surface area contributed by atoms with E-state index in [0.29, 0.717) is 38.9 Å². The Balaban J connectivity index is 1.74. The maximum Gasteiger partial charge on any atom is 0.407 e. The molecule has 26 heavy (non-hydrogen) atoms. The monoisotopic (exact) mass is 353 g/mol. The Labute approximate surface area is 152 Å². The highest BCUT2D eigenvalue weighted by Crippen LogP contribution is 2.35. The Kier molecular flexibility index (Phi) is 5.51. The molecule has 1 aliphatic heterocycles. The summed E-state index contributed by atoms with van der Waals surface area (Å²) in [6.45, 7) is 1.18. The summed E-state index contributed by atoms with van der Waals surface area (Å²) in [6.07, 6.45) is 4.16. The molecule has 0 unspecified atom stereocenters. The maximum absolute atomic E-state index is 13.1. The fourth-order valence-corrected chi connectivity index (χ4v) is 3.47. The van der Waals surface area contributed by atoms with Crippen molar-refractivity contribution in [2.75, 3.05) is 13.1 Å². The standard InChI is InChI=1S/C20H23N3O3/c24-18(22-15-17-7-4-10-21-14-17)20(13-16-5-2-1-3-6-16)8-11-23(12-9-20)19(25)26/h1-7,10,14H,8-9,11-13,15H2,(H,22,24)(H,25,26). The Morgan fingerprint density at radius 3 is 2.38 bits per heavy atom. The molecule has 0 atom stereocenters. The van der Waals surface area contributed by atoms with E-state index in [1.165, 1.54) is 4.90 Å². The predicted molar refractivity (Wildman–Crippen MR) is 97.5 cm³/mol. The van der Waals surface area contributed by atoms with Crippen LogP contribution in [0.25, 0.3) is 0 Å². The second kappa shape index (κ2) is 7.99. The Bertz CT molecular complexity index is 741. The average Bonchev–Trinajstić information content (AvgIpc) is 2.68. The number of amides is 2. The molecule has 0 radical (unpaired) electrons. The molecule has 1 aromatic carbocycles. The number of rotatable bonds is 5. The van der Waals surface area contributed by atoms with Gasteiger partial charge in [-0.2, -0.15) is 0 Å². The third-order valence-corrected chi connectivity index (χ3v) is 5.03. The number of carbonyl (C=O) groups is 2. The van der Waals surface area contributed by atoms with Crippen LogP contribution in [0.5, 0.6) is 0 Å². The van der Waals surface area contributed by atoms with E-state index >= 15 is 0 Å². The van der Waals surface area contributed by atoms with Crippen molar-refractivity contribution in [1.82, 2.24) is 15.2 Å². The first-order valence-corrected chi connectivity index (χ1v) is 8.78. The van der Waals surface area contributed by atoms with E-state index in [9.17, 15) is 14.7 Å². The van der Waals surface area contributed by atoms with Crippen LogP contribution in [-0.2, 0) is 17.8 Å². The molecule has 0 spiro atoms. The third-order valence-electron chi connectivity index (χ3n) is 5.03. The first-order chi connectivity index (χ1) is 12.6. The summed E-state index contributed by atoms with van der Waals surface area (Å²) >= 11 is 0. The predicted octanol–water partition coefficient (Wildman–Crippen LogP) is 2.70. The van der Waals surface area contributed by atoms with Gasteiger partial charge in [0.15, 0.2) is 0 Å². The third kappa shape index (κ3) is 4.20. The normalized spacial score (nSPS) is 16.1. The van der Waals surface area contributed by atoms with Gasteiger partial charge < -0.3 is 15.3 Å². The van der Waals surface area contributed by atoms with Gasteiger partial charge in [0.25, 0.3) is 0 Å². The van der Waals surface area contributed by atoms with Crippen LogP contribution >= 0.6 is 0 Å². The van der Waals surface area contributed by atoms with E-state index < -0.39 is 11.5 Å². The SMILES string of the molecule is O=C(O)N1CCC(Cc2ccccc2)(C(=O)NCc2cccnc2)CC1. The Morgan fingerprint density at radius 2 is 1.77 bits per heavy atom. The van der Waals surface area contributed by atoms with Crippen LogP contribution in [-0.4, -0.2) is 40.1 Å². The van der Waals surface area contributed by atoms with Gasteiger partial charge in [-0.3, -0.25) is 9.78 Å². The van der Waals surface area contributed by atoms with E-state index in [2.05, 4.69) is 10.3 Å². The summed E-state index contributed by atoms with van der Waals surface area (Å²) in [4.78, 5) is 29.8. The van der Waals surface area contributed by atoms with Crippen molar-refractivity contribution in [2.24, 2.45) is 5.41 Å². The number of hydrogen-bond acceptors (Lipinski definition) is 3. The first-order valence-electron chi connectivity index (χ1n) is 8.78. The van der Waals surface area contributed by atoms with E-state index in [4.69, 9.17) is 0 Å². The molecular weight excluding hydrogens is 330 g/mol. The Hall–Kier alpha value is -2.89. The number of benzene rings is 1. The summed E-state index contributed by atoms with van der Waals surface area (Å²) in [7, 11) is 0. The first kappa shape index (κ1) is 17.9.